The van der Waals surface area contributed by atoms with Crippen LogP contribution < -0.4 is 17.2 Å². The highest BCUT2D eigenvalue weighted by molar-refractivity contribution is 7.47. The molecule has 9 N–H and O–H groups in total. The van der Waals surface area contributed by atoms with Gasteiger partial charge in [0, 0.05) is 19.2 Å². The lowest BCUT2D eigenvalue weighted by Crippen LogP contribution is -2.43. The van der Waals surface area contributed by atoms with Crippen molar-refractivity contribution in [2.24, 2.45) is 0 Å². The summed E-state index contributed by atoms with van der Waals surface area (Å²) in [5.74, 6) is -1.55. The summed E-state index contributed by atoms with van der Waals surface area (Å²) in [5, 5.41) is 22.7. The first-order valence-corrected chi connectivity index (χ1v) is 21.4. The molecule has 0 saturated carbocycles. The summed E-state index contributed by atoms with van der Waals surface area (Å²) in [5.41, 5.74) is 11.6. The van der Waals surface area contributed by atoms with Crippen molar-refractivity contribution in [3.05, 3.63) is 84.0 Å². The maximum atomic E-state index is 13.6. The molecule has 2 saturated heterocycles. The molecule has 3 aromatic heterocycles. The number of carbonyl (C=O) groups excluding carboxylic acids is 2. The van der Waals surface area contributed by atoms with Crippen molar-refractivity contribution >= 4 is 50.3 Å². The first kappa shape index (κ1) is 45.5. The Morgan fingerprint density at radius 2 is 1.61 bits per heavy atom. The van der Waals surface area contributed by atoms with Gasteiger partial charge < -0.3 is 55.5 Å². The van der Waals surface area contributed by atoms with E-state index in [-0.39, 0.29) is 41.7 Å². The lowest BCUT2D eigenvalue weighted by molar-refractivity contribution is -0.160. The largest absolute Gasteiger partial charge is 0.472 e. The number of allylic oxidation sites excluding steroid dienone is 1. The molecule has 0 aliphatic carbocycles. The van der Waals surface area contributed by atoms with E-state index in [1.54, 1.807) is 6.08 Å². The van der Waals surface area contributed by atoms with Gasteiger partial charge in [0.15, 0.2) is 30.0 Å². The summed E-state index contributed by atoms with van der Waals surface area (Å²) in [6.07, 6.45) is -7.91. The number of phosphoric acid groups is 2. The monoisotopic (exact) mass is 895 g/mol. The number of aromatic nitrogens is 6. The minimum atomic E-state index is -5.39. The Morgan fingerprint density at radius 1 is 0.934 bits per heavy atom. The normalized spacial score (nSPS) is 25.0. The number of phosphoric ester groups is 2. The fraction of sp³-hybridized carbons (Fsp3) is 0.441. The predicted molar refractivity (Wildman–Crippen MR) is 207 cm³/mol. The highest BCUT2D eigenvalue weighted by atomic mass is 31.2. The minimum absolute atomic E-state index is 0.00321. The van der Waals surface area contributed by atoms with Gasteiger partial charge in [0.2, 0.25) is 5.91 Å². The lowest BCUT2D eigenvalue weighted by atomic mass is 10.1. The molecular weight excluding hydrogens is 852 g/mol. The van der Waals surface area contributed by atoms with Crippen molar-refractivity contribution in [2.75, 3.05) is 37.8 Å². The van der Waals surface area contributed by atoms with Gasteiger partial charge in [0.25, 0.3) is 0 Å². The van der Waals surface area contributed by atoms with Crippen molar-refractivity contribution < 1.29 is 71.4 Å². The molecule has 61 heavy (non-hydrogen) atoms. The van der Waals surface area contributed by atoms with E-state index in [9.17, 15) is 48.4 Å². The van der Waals surface area contributed by atoms with Crippen LogP contribution in [0.15, 0.2) is 72.7 Å². The van der Waals surface area contributed by atoms with Crippen molar-refractivity contribution in [3.63, 3.8) is 0 Å². The average molecular weight is 896 g/mol. The molecule has 5 heterocycles. The van der Waals surface area contributed by atoms with Gasteiger partial charge in [-0.25, -0.2) is 28.9 Å². The average Bonchev–Trinajstić information content (AvgIpc) is 3.87. The Labute approximate surface area is 345 Å². The molecule has 6 rings (SSSR count). The predicted octanol–water partition coefficient (Wildman–Crippen LogP) is -0.675. The zero-order chi connectivity index (χ0) is 44.1. The van der Waals surface area contributed by atoms with Crippen LogP contribution in [0.25, 0.3) is 11.2 Å². The van der Waals surface area contributed by atoms with Gasteiger partial charge in [-0.05, 0) is 24.5 Å². The molecular formula is C34H43N9O16P2. The molecule has 27 heteroatoms. The van der Waals surface area contributed by atoms with E-state index < -0.39 is 96.1 Å². The van der Waals surface area contributed by atoms with E-state index in [2.05, 4.69) is 31.0 Å². The van der Waals surface area contributed by atoms with Crippen LogP contribution in [-0.2, 0) is 52.9 Å². The highest BCUT2D eigenvalue weighted by Crippen LogP contribution is 2.50. The smallest absolute Gasteiger partial charge is 0.455 e. The number of ether oxygens (including phenoxy) is 3. The second kappa shape index (κ2) is 19.4. The molecule has 4 aromatic rings. The van der Waals surface area contributed by atoms with Crippen LogP contribution >= 0.6 is 15.6 Å². The van der Waals surface area contributed by atoms with E-state index in [0.29, 0.717) is 12.8 Å². The zero-order valence-electron chi connectivity index (χ0n) is 32.0. The number of hydrogen-bond donors (Lipinski definition) is 7. The number of amides is 1. The molecule has 2 fully saturated rings. The topological polar surface area (TPSA) is 359 Å². The SMILES string of the molecule is C=CCCC(=O)N(CCc1ccccc1)CC(=O)O[C@H]1[C@@H](O)[C@H](n2cnc3c(N)ncnc32)O[C@@H]1COP(=O)(O)O[C@H]1[C@@H](O)[C@H](n2ccc(N)nc2=O)O[C@@H]1COP(=O)(O)O. The third kappa shape index (κ3) is 11.3. The van der Waals surface area contributed by atoms with E-state index >= 15 is 0 Å². The number of esters is 1. The first-order valence-electron chi connectivity index (χ1n) is 18.4. The Hall–Kier alpha value is -5.01. The molecule has 1 amide bonds. The molecule has 0 spiro atoms. The van der Waals surface area contributed by atoms with E-state index in [1.807, 2.05) is 30.3 Å². The third-order valence-electron chi connectivity index (χ3n) is 9.49. The van der Waals surface area contributed by atoms with Gasteiger partial charge in [-0.3, -0.25) is 32.3 Å². The number of aliphatic hydroxyl groups excluding tert-OH is 2. The molecule has 1 aromatic carbocycles. The van der Waals surface area contributed by atoms with Gasteiger partial charge in [0.05, 0.1) is 19.5 Å². The Bertz CT molecular complexity index is 2350. The summed E-state index contributed by atoms with van der Waals surface area (Å²) >= 11 is 0. The van der Waals surface area contributed by atoms with Crippen molar-refractivity contribution in [2.45, 2.75) is 68.3 Å². The molecule has 0 radical (unpaired) electrons. The number of carbonyl (C=O) groups is 2. The van der Waals surface area contributed by atoms with Crippen LogP contribution in [0.5, 0.6) is 0 Å². The number of nitrogens with zero attached hydrogens (tertiary/aromatic N) is 7. The standard InChI is InChI=1S/C34H43N9O16P2/c1-2-3-9-23(44)41(12-10-19-7-5-4-6-8-19)14-24(45)58-28-20(56-33(26(28)46)43-18-39-25-30(36)37-17-38-31(25)43)16-55-61(52,53)59-29-21(15-54-60(49,50)51)57-32(27(29)47)42-13-11-22(35)40-34(42)48/h2,4-8,11,13,17-18,20-21,26-29,32-33,46-47H,1,3,9-10,12,14-16H2,(H,52,53)(H2,35,40,48)(H2,36,37,38)(H2,49,50,51)/t20-,21-,26-,27-,28-,29-,32-,33-/m1/s1. The summed E-state index contributed by atoms with van der Waals surface area (Å²) in [6.45, 7) is 1.25. The fourth-order valence-electron chi connectivity index (χ4n) is 6.57. The maximum absolute atomic E-state index is 13.6. The number of rotatable bonds is 19. The highest BCUT2D eigenvalue weighted by Gasteiger charge is 2.52. The number of fused-ring (bicyclic) bond motifs is 1. The molecule has 2 aliphatic rings. The second-order valence-corrected chi connectivity index (χ2v) is 16.3. The van der Waals surface area contributed by atoms with Crippen LogP contribution in [0.1, 0.15) is 30.9 Å². The molecule has 2 aliphatic heterocycles. The summed E-state index contributed by atoms with van der Waals surface area (Å²) in [4.78, 5) is 85.8. The Morgan fingerprint density at radius 3 is 2.30 bits per heavy atom. The summed E-state index contributed by atoms with van der Waals surface area (Å²) in [7, 11) is -10.6. The number of benzene rings is 1. The van der Waals surface area contributed by atoms with Crippen molar-refractivity contribution in [1.82, 2.24) is 34.0 Å². The zero-order valence-corrected chi connectivity index (χ0v) is 33.7. The second-order valence-electron chi connectivity index (χ2n) is 13.7. The first-order chi connectivity index (χ1) is 28.9. The molecule has 1 unspecified atom stereocenters. The lowest BCUT2D eigenvalue weighted by Gasteiger charge is -2.26. The van der Waals surface area contributed by atoms with Crippen LogP contribution in [0.3, 0.4) is 0 Å². The summed E-state index contributed by atoms with van der Waals surface area (Å²) < 4.78 is 59.3. The number of anilines is 2. The number of nitrogens with two attached hydrogens (primary N) is 2. The van der Waals surface area contributed by atoms with Crippen LogP contribution in [0.4, 0.5) is 11.6 Å². The molecule has 25 nitrogen and oxygen atoms in total. The van der Waals surface area contributed by atoms with E-state index in [1.165, 1.54) is 21.9 Å². The Kier molecular flexibility index (Phi) is 14.4. The molecule has 9 atom stereocenters. The molecule has 330 valence electrons. The maximum Gasteiger partial charge on any atom is 0.472 e. The van der Waals surface area contributed by atoms with Crippen LogP contribution in [0, 0.1) is 0 Å². The van der Waals surface area contributed by atoms with E-state index in [0.717, 1.165) is 22.7 Å². The van der Waals surface area contributed by atoms with Gasteiger partial charge in [-0.1, -0.05) is 36.4 Å². The number of hydrogen-bond acceptors (Lipinski definition) is 19. The van der Waals surface area contributed by atoms with Crippen LogP contribution in [0.2, 0.25) is 0 Å². The number of imidazole rings is 1. The fourth-order valence-corrected chi connectivity index (χ4v) is 7.88. The van der Waals surface area contributed by atoms with E-state index in [4.69, 9.17) is 34.7 Å². The summed E-state index contributed by atoms with van der Waals surface area (Å²) in [6, 6.07) is 10.4. The number of aliphatic hydroxyl groups is 2. The van der Waals surface area contributed by atoms with Crippen molar-refractivity contribution in [3.8, 4) is 0 Å². The Balaban J connectivity index is 1.22. The van der Waals surface area contributed by atoms with Gasteiger partial charge in [-0.2, -0.15) is 4.98 Å². The third-order valence-corrected chi connectivity index (χ3v) is 11.0. The van der Waals surface area contributed by atoms with Crippen LogP contribution in [-0.4, -0.2) is 134 Å². The van der Waals surface area contributed by atoms with Crippen molar-refractivity contribution in [1.29, 1.82) is 0 Å². The minimum Gasteiger partial charge on any atom is -0.455 e. The quantitative estimate of drug-likeness (QED) is 0.0348. The van der Waals surface area contributed by atoms with Gasteiger partial charge in [-0.15, -0.1) is 6.58 Å². The van der Waals surface area contributed by atoms with Gasteiger partial charge in [0.1, 0.15) is 54.7 Å². The number of nitrogen functional groups attached to an aromatic ring is 2. The molecule has 0 bridgehead atoms. The van der Waals surface area contributed by atoms with Gasteiger partial charge >= 0.3 is 27.3 Å².